The number of nitrogens with zero attached hydrogens (tertiary/aromatic N) is 3. The Balaban J connectivity index is 0.000000297. The summed E-state index contributed by atoms with van der Waals surface area (Å²) in [4.78, 5) is 19.1. The first kappa shape index (κ1) is 23.6. The van der Waals surface area contributed by atoms with Gasteiger partial charge in [0, 0.05) is 12.4 Å². The fourth-order valence-electron chi connectivity index (χ4n) is 1.99. The van der Waals surface area contributed by atoms with E-state index < -0.39 is 17.5 Å². The van der Waals surface area contributed by atoms with Crippen molar-refractivity contribution < 1.29 is 13.6 Å². The van der Waals surface area contributed by atoms with Crippen LogP contribution in [0.1, 0.15) is 15.9 Å². The lowest BCUT2D eigenvalue weighted by molar-refractivity contribution is 0.102. The maximum Gasteiger partial charge on any atom is 0.258 e. The van der Waals surface area contributed by atoms with Gasteiger partial charge in [0.15, 0.2) is 21.9 Å². The molecule has 0 unspecified atom stereocenters. The van der Waals surface area contributed by atoms with E-state index >= 15 is 0 Å². The maximum absolute atomic E-state index is 13.7. The summed E-state index contributed by atoms with van der Waals surface area (Å²) in [5.74, 6) is -2.25. The Morgan fingerprint density at radius 2 is 1.53 bits per heavy atom. The predicted molar refractivity (Wildman–Crippen MR) is 112 cm³/mol. The van der Waals surface area contributed by atoms with E-state index in [0.29, 0.717) is 0 Å². The van der Waals surface area contributed by atoms with Crippen LogP contribution in [0.4, 0.5) is 20.2 Å². The number of hydrogen-bond acceptors (Lipinski definition) is 5. The molecule has 3 rings (SSSR count). The molecule has 0 saturated carbocycles. The topological polar surface area (TPSA) is 105 Å². The highest BCUT2D eigenvalue weighted by Crippen LogP contribution is 2.28. The van der Waals surface area contributed by atoms with E-state index in [1.54, 1.807) is 0 Å². The molecule has 0 radical (unpaired) electrons. The van der Waals surface area contributed by atoms with Crippen molar-refractivity contribution in [3.63, 3.8) is 0 Å². The van der Waals surface area contributed by atoms with Gasteiger partial charge in [-0.25, -0.2) is 18.7 Å². The van der Waals surface area contributed by atoms with Crippen molar-refractivity contribution in [3.05, 3.63) is 79.8 Å². The van der Waals surface area contributed by atoms with Crippen LogP contribution in [0.5, 0.6) is 0 Å². The highest BCUT2D eigenvalue weighted by Gasteiger charge is 2.18. The van der Waals surface area contributed by atoms with Crippen LogP contribution in [0.25, 0.3) is 0 Å². The highest BCUT2D eigenvalue weighted by atomic mass is 35.5. The van der Waals surface area contributed by atoms with Crippen molar-refractivity contribution in [2.75, 3.05) is 11.1 Å². The van der Waals surface area contributed by atoms with Gasteiger partial charge in [0.05, 0.1) is 38.6 Å². The van der Waals surface area contributed by atoms with E-state index in [1.807, 2.05) is 6.07 Å². The van der Waals surface area contributed by atoms with Gasteiger partial charge < -0.3 is 11.1 Å². The standard InChI is InChI=1S/C13H5Cl3FN3O.C5H4ClFN2/c14-7-3-6(5-18)4-8(15)10(7)13(21)20-9-1-2-19-12(16)11(9)17;6-5-4(7)3(8)1-2-9-5/h1-4H,(H,19,20,21);1-2H,(H2,8,9). The summed E-state index contributed by atoms with van der Waals surface area (Å²) in [7, 11) is 0. The summed E-state index contributed by atoms with van der Waals surface area (Å²) in [5, 5.41) is 10.5. The summed E-state index contributed by atoms with van der Waals surface area (Å²) < 4.78 is 26.1. The van der Waals surface area contributed by atoms with Gasteiger partial charge in [-0.1, -0.05) is 46.4 Å². The monoisotopic (exact) mass is 489 g/mol. The van der Waals surface area contributed by atoms with Crippen molar-refractivity contribution in [1.82, 2.24) is 9.97 Å². The Labute approximate surface area is 189 Å². The van der Waals surface area contributed by atoms with Crippen molar-refractivity contribution in [2.45, 2.75) is 0 Å². The van der Waals surface area contributed by atoms with Gasteiger partial charge in [-0.3, -0.25) is 4.79 Å². The lowest BCUT2D eigenvalue weighted by atomic mass is 10.1. The lowest BCUT2D eigenvalue weighted by Gasteiger charge is -2.09. The van der Waals surface area contributed by atoms with E-state index in [-0.39, 0.29) is 42.9 Å². The molecule has 3 N–H and O–H groups in total. The molecule has 12 heteroatoms. The second-order valence-corrected chi connectivity index (χ2v) is 6.88. The summed E-state index contributed by atoms with van der Waals surface area (Å²) in [5.41, 5.74) is 5.13. The third-order valence-corrected chi connectivity index (χ3v) is 4.49. The minimum atomic E-state index is -0.867. The number of halogens is 6. The third-order valence-electron chi connectivity index (χ3n) is 3.37. The summed E-state index contributed by atoms with van der Waals surface area (Å²) in [6.45, 7) is 0. The quantitative estimate of drug-likeness (QED) is 0.444. The van der Waals surface area contributed by atoms with Crippen LogP contribution in [0, 0.1) is 23.0 Å². The van der Waals surface area contributed by atoms with Gasteiger partial charge in [0.1, 0.15) is 0 Å². The van der Waals surface area contributed by atoms with Crippen LogP contribution in [-0.2, 0) is 0 Å². The number of pyridine rings is 2. The molecule has 30 heavy (non-hydrogen) atoms. The molecular weight excluding hydrogens is 482 g/mol. The zero-order valence-electron chi connectivity index (χ0n) is 14.6. The van der Waals surface area contributed by atoms with Crippen molar-refractivity contribution in [3.8, 4) is 6.07 Å². The molecule has 2 aromatic heterocycles. The fraction of sp³-hybridized carbons (Fsp3) is 0. The van der Waals surface area contributed by atoms with Crippen molar-refractivity contribution >= 4 is 63.7 Å². The van der Waals surface area contributed by atoms with Gasteiger partial charge in [-0.05, 0) is 24.3 Å². The van der Waals surface area contributed by atoms with Gasteiger partial charge in [-0.15, -0.1) is 0 Å². The molecule has 3 aromatic rings. The highest BCUT2D eigenvalue weighted by molar-refractivity contribution is 6.40. The number of anilines is 2. The number of nitrogens with one attached hydrogen (secondary N) is 1. The molecule has 2 heterocycles. The smallest absolute Gasteiger partial charge is 0.258 e. The SMILES string of the molecule is N#Cc1cc(Cl)c(C(=O)Nc2ccnc(Cl)c2F)c(Cl)c1.Nc1ccnc(Cl)c1F. The Bertz CT molecular complexity index is 1110. The van der Waals surface area contributed by atoms with Gasteiger partial charge >= 0.3 is 0 Å². The Morgan fingerprint density at radius 3 is 2.03 bits per heavy atom. The van der Waals surface area contributed by atoms with Crippen LogP contribution in [-0.4, -0.2) is 15.9 Å². The first-order chi connectivity index (χ1) is 14.1. The molecular formula is C18H9Cl4F2N5O. The number of carbonyl (C=O) groups excluding carboxylic acids is 1. The van der Waals surface area contributed by atoms with Crippen LogP contribution in [0.3, 0.4) is 0 Å². The molecule has 1 amide bonds. The summed E-state index contributed by atoms with van der Waals surface area (Å²) in [6, 6.07) is 7.02. The fourth-order valence-corrected chi connectivity index (χ4v) is 2.97. The zero-order chi connectivity index (χ0) is 22.4. The summed E-state index contributed by atoms with van der Waals surface area (Å²) in [6.07, 6.45) is 2.59. The second kappa shape index (κ2) is 10.4. The van der Waals surface area contributed by atoms with Crippen LogP contribution >= 0.6 is 46.4 Å². The molecule has 0 aliphatic heterocycles. The number of benzene rings is 1. The first-order valence-electron chi connectivity index (χ1n) is 7.71. The maximum atomic E-state index is 13.7. The number of amides is 1. The largest absolute Gasteiger partial charge is 0.396 e. The number of hydrogen-bond donors (Lipinski definition) is 2. The van der Waals surface area contributed by atoms with E-state index in [1.165, 1.54) is 36.7 Å². The second-order valence-electron chi connectivity index (χ2n) is 5.35. The Hall–Kier alpha value is -2.70. The molecule has 1 aromatic carbocycles. The molecule has 0 atom stereocenters. The average Bonchev–Trinajstić information content (AvgIpc) is 2.69. The van der Waals surface area contributed by atoms with Crippen LogP contribution < -0.4 is 11.1 Å². The minimum absolute atomic E-state index is 0.0166. The number of aromatic nitrogens is 2. The third kappa shape index (κ3) is 5.68. The molecule has 6 nitrogen and oxygen atoms in total. The minimum Gasteiger partial charge on any atom is -0.396 e. The molecule has 0 saturated heterocycles. The molecule has 0 bridgehead atoms. The van der Waals surface area contributed by atoms with Gasteiger partial charge in [0.2, 0.25) is 0 Å². The molecule has 0 aliphatic carbocycles. The Kier molecular flexibility index (Phi) is 8.15. The van der Waals surface area contributed by atoms with E-state index in [9.17, 15) is 13.6 Å². The van der Waals surface area contributed by atoms with Crippen LogP contribution in [0.2, 0.25) is 20.4 Å². The van der Waals surface area contributed by atoms with E-state index in [4.69, 9.17) is 57.4 Å². The van der Waals surface area contributed by atoms with Gasteiger partial charge in [0.25, 0.3) is 5.91 Å². The predicted octanol–water partition coefficient (Wildman–Crippen LogP) is 5.76. The lowest BCUT2D eigenvalue weighted by Crippen LogP contribution is -2.14. The number of nitrogens with two attached hydrogens (primary N) is 1. The van der Waals surface area contributed by atoms with Crippen molar-refractivity contribution in [2.24, 2.45) is 0 Å². The van der Waals surface area contributed by atoms with E-state index in [2.05, 4.69) is 15.3 Å². The van der Waals surface area contributed by atoms with Crippen LogP contribution in [0.15, 0.2) is 36.7 Å². The Morgan fingerprint density at radius 1 is 1.00 bits per heavy atom. The van der Waals surface area contributed by atoms with Crippen molar-refractivity contribution in [1.29, 1.82) is 5.26 Å². The number of nitriles is 1. The average molecular weight is 491 g/mol. The van der Waals surface area contributed by atoms with E-state index in [0.717, 1.165) is 0 Å². The first-order valence-corrected chi connectivity index (χ1v) is 9.22. The molecule has 0 spiro atoms. The number of rotatable bonds is 2. The molecule has 0 fully saturated rings. The zero-order valence-corrected chi connectivity index (χ0v) is 17.6. The summed E-state index contributed by atoms with van der Waals surface area (Å²) >= 11 is 22.6. The number of carbonyl (C=O) groups is 1. The van der Waals surface area contributed by atoms with Gasteiger partial charge in [-0.2, -0.15) is 5.26 Å². The number of nitrogen functional groups attached to an aromatic ring is 1. The normalized spacial score (nSPS) is 9.90. The molecule has 0 aliphatic rings. The molecule has 154 valence electrons.